The van der Waals surface area contributed by atoms with Crippen LogP contribution in [0.2, 0.25) is 0 Å². The summed E-state index contributed by atoms with van der Waals surface area (Å²) in [5.74, 6) is 1.89. The molecule has 0 unspecified atom stereocenters. The molecule has 2 aliphatic rings. The van der Waals surface area contributed by atoms with E-state index < -0.39 is 0 Å². The van der Waals surface area contributed by atoms with Crippen molar-refractivity contribution in [1.82, 2.24) is 0 Å². The van der Waals surface area contributed by atoms with Gasteiger partial charge in [0.15, 0.2) is 0 Å². The van der Waals surface area contributed by atoms with E-state index in [1.807, 2.05) is 0 Å². The monoisotopic (exact) mass is 182 g/mol. The van der Waals surface area contributed by atoms with Gasteiger partial charge in [-0.2, -0.15) is 0 Å². The van der Waals surface area contributed by atoms with Crippen LogP contribution in [0.5, 0.6) is 0 Å². The van der Waals surface area contributed by atoms with Crippen molar-refractivity contribution in [3.63, 3.8) is 0 Å². The Morgan fingerprint density at radius 3 is 2.23 bits per heavy atom. The van der Waals surface area contributed by atoms with Gasteiger partial charge < -0.3 is 5.11 Å². The Morgan fingerprint density at radius 2 is 1.77 bits per heavy atom. The molecule has 2 saturated carbocycles. The van der Waals surface area contributed by atoms with Gasteiger partial charge in [-0.05, 0) is 36.5 Å². The lowest BCUT2D eigenvalue weighted by molar-refractivity contribution is 0.161. The van der Waals surface area contributed by atoms with Gasteiger partial charge in [0.05, 0.1) is 0 Å². The van der Waals surface area contributed by atoms with Crippen LogP contribution in [0.25, 0.3) is 0 Å². The molecule has 1 heteroatoms. The minimum absolute atomic E-state index is 0.394. The fraction of sp³-hybridized carbons (Fsp3) is 1.00. The predicted molar refractivity (Wildman–Crippen MR) is 54.5 cm³/mol. The van der Waals surface area contributed by atoms with Crippen molar-refractivity contribution in [1.29, 1.82) is 0 Å². The van der Waals surface area contributed by atoms with Crippen LogP contribution in [0, 0.1) is 17.3 Å². The molecule has 0 saturated heterocycles. The van der Waals surface area contributed by atoms with E-state index in [1.54, 1.807) is 0 Å². The van der Waals surface area contributed by atoms with Crippen molar-refractivity contribution in [2.45, 2.75) is 51.9 Å². The zero-order valence-electron chi connectivity index (χ0n) is 8.76. The van der Waals surface area contributed by atoms with E-state index in [2.05, 4.69) is 6.92 Å². The molecule has 0 atom stereocenters. The summed E-state index contributed by atoms with van der Waals surface area (Å²) < 4.78 is 0. The molecule has 13 heavy (non-hydrogen) atoms. The first-order valence-corrected chi connectivity index (χ1v) is 5.85. The van der Waals surface area contributed by atoms with Gasteiger partial charge in [0.25, 0.3) is 0 Å². The highest BCUT2D eigenvalue weighted by Gasteiger charge is 2.43. The van der Waals surface area contributed by atoms with Crippen molar-refractivity contribution < 1.29 is 5.11 Å². The lowest BCUT2D eigenvalue weighted by Crippen LogP contribution is -2.18. The molecule has 2 rings (SSSR count). The zero-order valence-corrected chi connectivity index (χ0v) is 8.76. The molecular weight excluding hydrogens is 160 g/mol. The van der Waals surface area contributed by atoms with Crippen LogP contribution in [0.3, 0.4) is 0 Å². The molecule has 0 radical (unpaired) electrons. The van der Waals surface area contributed by atoms with E-state index >= 15 is 0 Å². The molecule has 0 aromatic heterocycles. The van der Waals surface area contributed by atoms with E-state index in [9.17, 15) is 5.11 Å². The van der Waals surface area contributed by atoms with Gasteiger partial charge in [0, 0.05) is 6.61 Å². The Kier molecular flexibility index (Phi) is 2.64. The van der Waals surface area contributed by atoms with Gasteiger partial charge in [-0.1, -0.05) is 32.6 Å². The molecule has 0 aromatic rings. The second-order valence-electron chi connectivity index (χ2n) is 5.49. The quantitative estimate of drug-likeness (QED) is 0.711. The summed E-state index contributed by atoms with van der Waals surface area (Å²) in [4.78, 5) is 0. The molecule has 0 amide bonds. The highest BCUT2D eigenvalue weighted by atomic mass is 16.3. The Balaban J connectivity index is 1.76. The predicted octanol–water partition coefficient (Wildman–Crippen LogP) is 2.98. The van der Waals surface area contributed by atoms with Crippen molar-refractivity contribution >= 4 is 0 Å². The van der Waals surface area contributed by atoms with Crippen LogP contribution >= 0.6 is 0 Å². The van der Waals surface area contributed by atoms with Gasteiger partial charge in [-0.15, -0.1) is 0 Å². The maximum Gasteiger partial charge on any atom is 0.0487 e. The second-order valence-corrected chi connectivity index (χ2v) is 5.49. The van der Waals surface area contributed by atoms with Crippen molar-refractivity contribution in [3.05, 3.63) is 0 Å². The Labute approximate surface area is 81.5 Å². The van der Waals surface area contributed by atoms with Crippen LogP contribution in [0.4, 0.5) is 0 Å². The first kappa shape index (κ1) is 9.51. The smallest absolute Gasteiger partial charge is 0.0487 e. The lowest BCUT2D eigenvalue weighted by atomic mass is 9.78. The van der Waals surface area contributed by atoms with Crippen LogP contribution in [0.15, 0.2) is 0 Å². The summed E-state index contributed by atoms with van der Waals surface area (Å²) in [5, 5.41) is 9.24. The number of hydrogen-bond donors (Lipinski definition) is 1. The normalized spacial score (nSPS) is 37.4. The summed E-state index contributed by atoms with van der Waals surface area (Å²) in [6.45, 7) is 2.81. The number of hydrogen-bond acceptors (Lipinski definition) is 1. The van der Waals surface area contributed by atoms with Crippen LogP contribution in [0.1, 0.15) is 51.9 Å². The fourth-order valence-electron chi connectivity index (χ4n) is 2.75. The van der Waals surface area contributed by atoms with Crippen LogP contribution in [-0.4, -0.2) is 11.7 Å². The molecule has 0 aromatic carbocycles. The van der Waals surface area contributed by atoms with Gasteiger partial charge in [-0.25, -0.2) is 0 Å². The van der Waals surface area contributed by atoms with Gasteiger partial charge >= 0.3 is 0 Å². The summed E-state index contributed by atoms with van der Waals surface area (Å²) in [6.07, 6.45) is 9.57. The zero-order chi connectivity index (χ0) is 9.31. The average molecular weight is 182 g/mol. The van der Waals surface area contributed by atoms with Gasteiger partial charge in [0.1, 0.15) is 0 Å². The van der Waals surface area contributed by atoms with E-state index in [-0.39, 0.29) is 0 Å². The lowest BCUT2D eigenvalue weighted by Gasteiger charge is -2.28. The summed E-state index contributed by atoms with van der Waals surface area (Å²) in [6, 6.07) is 0. The molecule has 0 bridgehead atoms. The Hall–Kier alpha value is -0.0400. The molecule has 0 aliphatic heterocycles. The SMILES string of the molecule is CC1CCC(CC2(CO)CC2)CC1. The summed E-state index contributed by atoms with van der Waals surface area (Å²) in [7, 11) is 0. The molecular formula is C12H22O. The Morgan fingerprint density at radius 1 is 1.15 bits per heavy atom. The van der Waals surface area contributed by atoms with Crippen LogP contribution in [-0.2, 0) is 0 Å². The second kappa shape index (κ2) is 3.61. The molecule has 2 aliphatic carbocycles. The first-order valence-electron chi connectivity index (χ1n) is 5.85. The standard InChI is InChI=1S/C12H22O/c1-10-2-4-11(5-3-10)8-12(9-13)6-7-12/h10-11,13H,2-9H2,1H3. The largest absolute Gasteiger partial charge is 0.396 e. The minimum atomic E-state index is 0.394. The van der Waals surface area contributed by atoms with E-state index in [0.29, 0.717) is 12.0 Å². The molecule has 0 spiro atoms. The highest BCUT2D eigenvalue weighted by molar-refractivity contribution is 4.94. The number of aliphatic hydroxyl groups is 1. The van der Waals surface area contributed by atoms with E-state index in [0.717, 1.165) is 11.8 Å². The highest BCUT2D eigenvalue weighted by Crippen LogP contribution is 2.52. The molecule has 1 nitrogen and oxygen atoms in total. The first-order chi connectivity index (χ1) is 6.24. The van der Waals surface area contributed by atoms with E-state index in [4.69, 9.17) is 0 Å². The maximum atomic E-state index is 9.24. The number of rotatable bonds is 3. The third-order valence-corrected chi connectivity index (χ3v) is 4.15. The molecule has 2 fully saturated rings. The average Bonchev–Trinajstić information content (AvgIpc) is 2.90. The Bertz CT molecular complexity index is 164. The minimum Gasteiger partial charge on any atom is -0.396 e. The maximum absolute atomic E-state index is 9.24. The number of aliphatic hydroxyl groups excluding tert-OH is 1. The van der Waals surface area contributed by atoms with Gasteiger partial charge in [-0.3, -0.25) is 0 Å². The fourth-order valence-corrected chi connectivity index (χ4v) is 2.75. The summed E-state index contributed by atoms with van der Waals surface area (Å²) >= 11 is 0. The van der Waals surface area contributed by atoms with Crippen LogP contribution < -0.4 is 0 Å². The van der Waals surface area contributed by atoms with Crippen molar-refractivity contribution in [3.8, 4) is 0 Å². The van der Waals surface area contributed by atoms with Crippen molar-refractivity contribution in [2.75, 3.05) is 6.61 Å². The van der Waals surface area contributed by atoms with Gasteiger partial charge in [0.2, 0.25) is 0 Å². The molecule has 1 N–H and O–H groups in total. The third-order valence-electron chi connectivity index (χ3n) is 4.15. The molecule has 76 valence electrons. The van der Waals surface area contributed by atoms with E-state index in [1.165, 1.54) is 44.9 Å². The molecule has 0 heterocycles. The van der Waals surface area contributed by atoms with Crippen molar-refractivity contribution in [2.24, 2.45) is 17.3 Å². The third kappa shape index (κ3) is 2.25. The summed E-state index contributed by atoms with van der Waals surface area (Å²) in [5.41, 5.74) is 0.394. The topological polar surface area (TPSA) is 20.2 Å².